The Morgan fingerprint density at radius 1 is 1.24 bits per heavy atom. The Bertz CT molecular complexity index is 722. The fraction of sp³-hybridized carbons (Fsp3) is 0.400. The van der Waals surface area contributed by atoms with E-state index in [1.165, 1.54) is 6.92 Å². The number of nitrogens with zero attached hydrogens (tertiary/aromatic N) is 1. The highest BCUT2D eigenvalue weighted by Crippen LogP contribution is 2.35. The summed E-state index contributed by atoms with van der Waals surface area (Å²) >= 11 is 0. The van der Waals surface area contributed by atoms with Crippen LogP contribution in [0.15, 0.2) is 47.1 Å². The molecule has 2 amide bonds. The molecule has 1 fully saturated rings. The maximum absolute atomic E-state index is 13.0. The summed E-state index contributed by atoms with van der Waals surface area (Å²) in [5.74, 6) is 1.38. The number of likely N-dealkylation sites (tertiary alicyclic amines) is 1. The molecule has 0 bridgehead atoms. The van der Waals surface area contributed by atoms with Crippen LogP contribution in [0.1, 0.15) is 54.4 Å². The van der Waals surface area contributed by atoms with Crippen LogP contribution in [-0.4, -0.2) is 23.3 Å². The van der Waals surface area contributed by atoms with E-state index in [0.29, 0.717) is 18.0 Å². The monoisotopic (exact) mass is 340 g/mol. The molecule has 0 radical (unpaired) electrons. The molecule has 0 aliphatic carbocycles. The zero-order valence-corrected chi connectivity index (χ0v) is 14.7. The van der Waals surface area contributed by atoms with Crippen LogP contribution in [0.5, 0.6) is 0 Å². The average molecular weight is 340 g/mol. The third-order valence-electron chi connectivity index (χ3n) is 4.74. The lowest BCUT2D eigenvalue weighted by molar-refractivity contribution is -0.119. The minimum atomic E-state index is -0.0659. The molecule has 25 heavy (non-hydrogen) atoms. The number of piperidine rings is 1. The van der Waals surface area contributed by atoms with Crippen LogP contribution in [0.25, 0.3) is 0 Å². The van der Waals surface area contributed by atoms with E-state index in [2.05, 4.69) is 12.2 Å². The number of amides is 2. The van der Waals surface area contributed by atoms with Gasteiger partial charge in [-0.15, -0.1) is 0 Å². The van der Waals surface area contributed by atoms with Crippen molar-refractivity contribution in [3.8, 4) is 0 Å². The maximum atomic E-state index is 13.0. The molecule has 1 aromatic carbocycles. The maximum Gasteiger partial charge on any atom is 0.254 e. The van der Waals surface area contributed by atoms with E-state index in [4.69, 9.17) is 4.42 Å². The first kappa shape index (κ1) is 17.3. The number of hydrogen-bond acceptors (Lipinski definition) is 3. The topological polar surface area (TPSA) is 62.6 Å². The Kier molecular flexibility index (Phi) is 5.22. The van der Waals surface area contributed by atoms with E-state index >= 15 is 0 Å². The summed E-state index contributed by atoms with van der Waals surface area (Å²) in [7, 11) is 0. The highest BCUT2D eigenvalue weighted by Gasteiger charge is 2.33. The van der Waals surface area contributed by atoms with Crippen LogP contribution in [0, 0.1) is 5.92 Å². The molecule has 2 heterocycles. The Balaban J connectivity index is 1.75. The summed E-state index contributed by atoms with van der Waals surface area (Å²) in [6.07, 6.45) is 3.58. The van der Waals surface area contributed by atoms with Gasteiger partial charge in [-0.1, -0.05) is 19.1 Å². The smallest absolute Gasteiger partial charge is 0.254 e. The first-order valence-corrected chi connectivity index (χ1v) is 8.72. The molecule has 132 valence electrons. The molecule has 2 aromatic rings. The number of nitrogens with one attached hydrogen (secondary N) is 1. The highest BCUT2D eigenvalue weighted by molar-refractivity contribution is 5.94. The second kappa shape index (κ2) is 7.55. The first-order valence-electron chi connectivity index (χ1n) is 8.72. The fourth-order valence-corrected chi connectivity index (χ4v) is 3.29. The number of benzene rings is 1. The van der Waals surface area contributed by atoms with Gasteiger partial charge in [-0.25, -0.2) is 0 Å². The average Bonchev–Trinajstić information content (AvgIpc) is 3.14. The zero-order valence-electron chi connectivity index (χ0n) is 14.7. The predicted octanol–water partition coefficient (Wildman–Crippen LogP) is 3.53. The molecule has 5 nitrogen and oxygen atoms in total. The number of rotatable bonds is 4. The van der Waals surface area contributed by atoms with Gasteiger partial charge in [0.2, 0.25) is 5.91 Å². The Morgan fingerprint density at radius 2 is 2.00 bits per heavy atom. The van der Waals surface area contributed by atoms with E-state index in [9.17, 15) is 9.59 Å². The second-order valence-corrected chi connectivity index (χ2v) is 6.77. The lowest BCUT2D eigenvalue weighted by Gasteiger charge is -2.37. The molecular weight excluding hydrogens is 316 g/mol. The Labute approximate surface area is 148 Å². The number of furan rings is 1. The van der Waals surface area contributed by atoms with Crippen molar-refractivity contribution in [3.63, 3.8) is 0 Å². The predicted molar refractivity (Wildman–Crippen MR) is 94.8 cm³/mol. The quantitative estimate of drug-likeness (QED) is 0.926. The van der Waals surface area contributed by atoms with Crippen molar-refractivity contribution >= 4 is 11.8 Å². The molecule has 0 spiro atoms. The SMILES string of the molecule is CC(=O)NCc1ccc(C(=O)N2CCC(C)CC2c2ccco2)cc1. The van der Waals surface area contributed by atoms with Gasteiger partial charge in [0.05, 0.1) is 12.3 Å². The minimum Gasteiger partial charge on any atom is -0.467 e. The summed E-state index contributed by atoms with van der Waals surface area (Å²) in [6.45, 7) is 4.91. The third-order valence-corrected chi connectivity index (χ3v) is 4.74. The molecule has 5 heteroatoms. The van der Waals surface area contributed by atoms with Crippen LogP contribution in [-0.2, 0) is 11.3 Å². The molecular formula is C20H24N2O3. The van der Waals surface area contributed by atoms with Crippen molar-refractivity contribution in [1.82, 2.24) is 10.2 Å². The van der Waals surface area contributed by atoms with Crippen LogP contribution >= 0.6 is 0 Å². The van der Waals surface area contributed by atoms with E-state index in [0.717, 1.165) is 30.7 Å². The largest absolute Gasteiger partial charge is 0.467 e. The molecule has 2 atom stereocenters. The summed E-state index contributed by atoms with van der Waals surface area (Å²) in [5, 5.41) is 2.76. The van der Waals surface area contributed by atoms with Gasteiger partial charge in [0.1, 0.15) is 5.76 Å². The summed E-state index contributed by atoms with van der Waals surface area (Å²) in [6, 6.07) is 11.2. The molecule has 1 aliphatic rings. The summed E-state index contributed by atoms with van der Waals surface area (Å²) in [4.78, 5) is 25.9. The molecule has 1 N–H and O–H groups in total. The van der Waals surface area contributed by atoms with Gasteiger partial charge >= 0.3 is 0 Å². The molecule has 1 saturated heterocycles. The second-order valence-electron chi connectivity index (χ2n) is 6.77. The number of carbonyl (C=O) groups is 2. The number of carbonyl (C=O) groups excluding carboxylic acids is 2. The van der Waals surface area contributed by atoms with Crippen molar-refractivity contribution in [2.45, 2.75) is 39.3 Å². The normalized spacial score (nSPS) is 20.3. The molecule has 1 aliphatic heterocycles. The third kappa shape index (κ3) is 4.10. The van der Waals surface area contributed by atoms with Crippen molar-refractivity contribution in [1.29, 1.82) is 0 Å². The number of hydrogen-bond donors (Lipinski definition) is 1. The van der Waals surface area contributed by atoms with Crippen molar-refractivity contribution in [3.05, 3.63) is 59.5 Å². The van der Waals surface area contributed by atoms with Crippen LogP contribution in [0.3, 0.4) is 0 Å². The summed E-state index contributed by atoms with van der Waals surface area (Å²) in [5.41, 5.74) is 1.64. The van der Waals surface area contributed by atoms with Gasteiger partial charge in [-0.3, -0.25) is 9.59 Å². The molecule has 0 saturated carbocycles. The summed E-state index contributed by atoms with van der Waals surface area (Å²) < 4.78 is 5.58. The van der Waals surface area contributed by atoms with Crippen molar-refractivity contribution in [2.24, 2.45) is 5.92 Å². The Morgan fingerprint density at radius 3 is 2.64 bits per heavy atom. The van der Waals surface area contributed by atoms with Gasteiger partial charge in [0, 0.05) is 25.6 Å². The lowest BCUT2D eigenvalue weighted by atomic mass is 9.90. The molecule has 3 rings (SSSR count). The van der Waals surface area contributed by atoms with E-state index in [1.54, 1.807) is 6.26 Å². The lowest BCUT2D eigenvalue weighted by Crippen LogP contribution is -2.40. The van der Waals surface area contributed by atoms with Crippen molar-refractivity contribution < 1.29 is 14.0 Å². The van der Waals surface area contributed by atoms with Crippen LogP contribution in [0.4, 0.5) is 0 Å². The van der Waals surface area contributed by atoms with Crippen LogP contribution < -0.4 is 5.32 Å². The van der Waals surface area contributed by atoms with Crippen molar-refractivity contribution in [2.75, 3.05) is 6.54 Å². The van der Waals surface area contributed by atoms with Gasteiger partial charge in [-0.2, -0.15) is 0 Å². The van der Waals surface area contributed by atoms with Gasteiger partial charge in [-0.05, 0) is 48.6 Å². The minimum absolute atomic E-state index is 0.00898. The van der Waals surface area contributed by atoms with Gasteiger partial charge < -0.3 is 14.6 Å². The zero-order chi connectivity index (χ0) is 17.8. The Hall–Kier alpha value is -2.56. The highest BCUT2D eigenvalue weighted by atomic mass is 16.3. The molecule has 1 aromatic heterocycles. The van der Waals surface area contributed by atoms with E-state index < -0.39 is 0 Å². The van der Waals surface area contributed by atoms with Gasteiger partial charge in [0.25, 0.3) is 5.91 Å². The van der Waals surface area contributed by atoms with E-state index in [-0.39, 0.29) is 17.9 Å². The first-order chi connectivity index (χ1) is 12.0. The van der Waals surface area contributed by atoms with E-state index in [1.807, 2.05) is 41.3 Å². The van der Waals surface area contributed by atoms with Gasteiger partial charge in [0.15, 0.2) is 0 Å². The standard InChI is InChI=1S/C20H24N2O3/c1-14-9-10-22(18(12-14)19-4-3-11-25-19)20(24)17-7-5-16(6-8-17)13-21-15(2)23/h3-8,11,14,18H,9-10,12-13H2,1-2H3,(H,21,23). The fourth-order valence-electron chi connectivity index (χ4n) is 3.29. The molecule has 2 unspecified atom stereocenters. The van der Waals surface area contributed by atoms with Crippen LogP contribution in [0.2, 0.25) is 0 Å².